The fourth-order valence-electron chi connectivity index (χ4n) is 2.56. The van der Waals surface area contributed by atoms with Crippen molar-refractivity contribution in [2.75, 3.05) is 0 Å². The standard InChI is InChI=1S/C20H20ClN3O2/c1-14(26-19-5-3-4-17(21)12-19)20(25)23-13-16-6-8-18(9-7-16)24-11-10-22-15(24)2/h3-12,14H,13H2,1-2H3,(H,23,25)/t14-/m0/s1. The fourth-order valence-corrected chi connectivity index (χ4v) is 2.74. The number of rotatable bonds is 6. The molecule has 1 atom stereocenters. The average Bonchev–Trinajstić information content (AvgIpc) is 3.06. The van der Waals surface area contributed by atoms with Gasteiger partial charge in [0, 0.05) is 29.6 Å². The largest absolute Gasteiger partial charge is 0.481 e. The van der Waals surface area contributed by atoms with E-state index >= 15 is 0 Å². The first-order chi connectivity index (χ1) is 12.5. The third-order valence-electron chi connectivity index (χ3n) is 3.99. The van der Waals surface area contributed by atoms with E-state index in [1.165, 1.54) is 0 Å². The maximum Gasteiger partial charge on any atom is 0.261 e. The van der Waals surface area contributed by atoms with Crippen molar-refractivity contribution < 1.29 is 9.53 Å². The number of halogens is 1. The van der Waals surface area contributed by atoms with Crippen LogP contribution in [0.5, 0.6) is 5.75 Å². The molecule has 0 bridgehead atoms. The van der Waals surface area contributed by atoms with E-state index in [-0.39, 0.29) is 5.91 Å². The number of aryl methyl sites for hydroxylation is 1. The van der Waals surface area contributed by atoms with Gasteiger partial charge in [-0.05, 0) is 49.7 Å². The maximum atomic E-state index is 12.2. The molecule has 0 fully saturated rings. The molecule has 134 valence electrons. The monoisotopic (exact) mass is 369 g/mol. The van der Waals surface area contributed by atoms with Gasteiger partial charge in [0.25, 0.3) is 5.91 Å². The SMILES string of the molecule is Cc1nccn1-c1ccc(CNC(=O)[C@H](C)Oc2cccc(Cl)c2)cc1. The highest BCUT2D eigenvalue weighted by Crippen LogP contribution is 2.18. The minimum atomic E-state index is -0.610. The van der Waals surface area contributed by atoms with E-state index in [1.54, 1.807) is 37.4 Å². The summed E-state index contributed by atoms with van der Waals surface area (Å²) >= 11 is 5.92. The topological polar surface area (TPSA) is 56.2 Å². The van der Waals surface area contributed by atoms with Crippen LogP contribution in [0.25, 0.3) is 5.69 Å². The Balaban J connectivity index is 1.55. The van der Waals surface area contributed by atoms with Crippen molar-refractivity contribution in [2.45, 2.75) is 26.5 Å². The van der Waals surface area contributed by atoms with E-state index in [4.69, 9.17) is 16.3 Å². The lowest BCUT2D eigenvalue weighted by Crippen LogP contribution is -2.35. The van der Waals surface area contributed by atoms with Gasteiger partial charge < -0.3 is 14.6 Å². The predicted octanol–water partition coefficient (Wildman–Crippen LogP) is 3.92. The Morgan fingerprint density at radius 1 is 1.27 bits per heavy atom. The second kappa shape index (κ2) is 8.06. The van der Waals surface area contributed by atoms with E-state index in [0.29, 0.717) is 17.3 Å². The van der Waals surface area contributed by atoms with E-state index in [1.807, 2.05) is 42.0 Å². The number of amides is 1. The Hall–Kier alpha value is -2.79. The number of aromatic nitrogens is 2. The molecule has 0 radical (unpaired) electrons. The molecule has 0 aliphatic carbocycles. The molecule has 0 spiro atoms. The summed E-state index contributed by atoms with van der Waals surface area (Å²) in [4.78, 5) is 16.4. The number of nitrogens with one attached hydrogen (secondary N) is 1. The number of carbonyl (C=O) groups is 1. The summed E-state index contributed by atoms with van der Waals surface area (Å²) in [6.45, 7) is 4.10. The van der Waals surface area contributed by atoms with E-state index in [0.717, 1.165) is 17.1 Å². The Kier molecular flexibility index (Phi) is 5.58. The second-order valence-corrected chi connectivity index (χ2v) is 6.38. The summed E-state index contributed by atoms with van der Waals surface area (Å²) in [6.07, 6.45) is 3.08. The number of nitrogens with zero attached hydrogens (tertiary/aromatic N) is 2. The molecule has 2 aromatic carbocycles. The third-order valence-corrected chi connectivity index (χ3v) is 4.22. The highest BCUT2D eigenvalue weighted by Gasteiger charge is 2.14. The van der Waals surface area contributed by atoms with Gasteiger partial charge in [0.15, 0.2) is 6.10 Å². The lowest BCUT2D eigenvalue weighted by atomic mass is 10.2. The Labute approximate surface area is 157 Å². The number of hydrogen-bond donors (Lipinski definition) is 1. The van der Waals surface area contributed by atoms with Gasteiger partial charge in [0.1, 0.15) is 11.6 Å². The zero-order valence-corrected chi connectivity index (χ0v) is 15.4. The van der Waals surface area contributed by atoms with Gasteiger partial charge in [-0.15, -0.1) is 0 Å². The van der Waals surface area contributed by atoms with Crippen molar-refractivity contribution in [3.8, 4) is 11.4 Å². The molecule has 1 heterocycles. The molecule has 0 saturated heterocycles. The summed E-state index contributed by atoms with van der Waals surface area (Å²) in [5.74, 6) is 1.32. The first-order valence-corrected chi connectivity index (χ1v) is 8.70. The van der Waals surface area contributed by atoms with Crippen LogP contribution in [0, 0.1) is 6.92 Å². The number of carbonyl (C=O) groups excluding carboxylic acids is 1. The van der Waals surface area contributed by atoms with Crippen molar-refractivity contribution in [3.05, 3.63) is 77.3 Å². The smallest absolute Gasteiger partial charge is 0.261 e. The molecule has 1 amide bonds. The van der Waals surface area contributed by atoms with Crippen molar-refractivity contribution in [2.24, 2.45) is 0 Å². The van der Waals surface area contributed by atoms with E-state index < -0.39 is 6.10 Å². The molecule has 0 aliphatic heterocycles. The van der Waals surface area contributed by atoms with Crippen LogP contribution in [0.1, 0.15) is 18.3 Å². The molecule has 0 saturated carbocycles. The van der Waals surface area contributed by atoms with Crippen LogP contribution in [-0.2, 0) is 11.3 Å². The van der Waals surface area contributed by atoms with E-state index in [9.17, 15) is 4.79 Å². The first kappa shape index (κ1) is 18.0. The molecular formula is C20H20ClN3O2. The summed E-state index contributed by atoms with van der Waals surface area (Å²) in [5.41, 5.74) is 2.04. The number of benzene rings is 2. The molecule has 26 heavy (non-hydrogen) atoms. The van der Waals surface area contributed by atoms with Crippen molar-refractivity contribution >= 4 is 17.5 Å². The van der Waals surface area contributed by atoms with Crippen LogP contribution >= 0.6 is 11.6 Å². The van der Waals surface area contributed by atoms with Crippen LogP contribution in [0.2, 0.25) is 5.02 Å². The maximum absolute atomic E-state index is 12.2. The molecular weight excluding hydrogens is 350 g/mol. The minimum Gasteiger partial charge on any atom is -0.481 e. The first-order valence-electron chi connectivity index (χ1n) is 8.32. The summed E-state index contributed by atoms with van der Waals surface area (Å²) in [6, 6.07) is 15.0. The lowest BCUT2D eigenvalue weighted by Gasteiger charge is -2.15. The zero-order valence-electron chi connectivity index (χ0n) is 14.6. The van der Waals surface area contributed by atoms with Crippen LogP contribution < -0.4 is 10.1 Å². The fraction of sp³-hybridized carbons (Fsp3) is 0.200. The Morgan fingerprint density at radius 3 is 2.69 bits per heavy atom. The quantitative estimate of drug-likeness (QED) is 0.716. The summed E-state index contributed by atoms with van der Waals surface area (Å²) in [5, 5.41) is 3.46. The molecule has 5 nitrogen and oxygen atoms in total. The van der Waals surface area contributed by atoms with Crippen LogP contribution in [0.15, 0.2) is 60.9 Å². The molecule has 1 aromatic heterocycles. The van der Waals surface area contributed by atoms with Crippen molar-refractivity contribution in [3.63, 3.8) is 0 Å². The molecule has 6 heteroatoms. The number of imidazole rings is 1. The van der Waals surface area contributed by atoms with Crippen LogP contribution in [0.4, 0.5) is 0 Å². The molecule has 3 aromatic rings. The molecule has 3 rings (SSSR count). The third kappa shape index (κ3) is 4.43. The number of ether oxygens (including phenoxy) is 1. The summed E-state index contributed by atoms with van der Waals surface area (Å²) < 4.78 is 7.62. The van der Waals surface area contributed by atoms with Crippen LogP contribution in [-0.4, -0.2) is 21.6 Å². The number of hydrogen-bond acceptors (Lipinski definition) is 3. The molecule has 0 aliphatic rings. The average molecular weight is 370 g/mol. The Morgan fingerprint density at radius 2 is 2.04 bits per heavy atom. The van der Waals surface area contributed by atoms with Gasteiger partial charge in [-0.1, -0.05) is 29.8 Å². The van der Waals surface area contributed by atoms with Gasteiger partial charge >= 0.3 is 0 Å². The van der Waals surface area contributed by atoms with E-state index in [2.05, 4.69) is 10.3 Å². The van der Waals surface area contributed by atoms with Gasteiger partial charge in [-0.3, -0.25) is 4.79 Å². The Bertz CT molecular complexity index is 890. The van der Waals surface area contributed by atoms with Crippen molar-refractivity contribution in [1.29, 1.82) is 0 Å². The van der Waals surface area contributed by atoms with Gasteiger partial charge in [0.05, 0.1) is 0 Å². The predicted molar refractivity (Wildman–Crippen MR) is 102 cm³/mol. The molecule has 1 N–H and O–H groups in total. The molecule has 0 unspecified atom stereocenters. The second-order valence-electron chi connectivity index (χ2n) is 5.95. The van der Waals surface area contributed by atoms with Gasteiger partial charge in [-0.25, -0.2) is 4.98 Å². The minimum absolute atomic E-state index is 0.181. The van der Waals surface area contributed by atoms with Crippen LogP contribution in [0.3, 0.4) is 0 Å². The highest BCUT2D eigenvalue weighted by molar-refractivity contribution is 6.30. The summed E-state index contributed by atoms with van der Waals surface area (Å²) in [7, 11) is 0. The van der Waals surface area contributed by atoms with Gasteiger partial charge in [-0.2, -0.15) is 0 Å². The zero-order chi connectivity index (χ0) is 18.5. The normalized spacial score (nSPS) is 11.8. The lowest BCUT2D eigenvalue weighted by molar-refractivity contribution is -0.127. The highest BCUT2D eigenvalue weighted by atomic mass is 35.5. The van der Waals surface area contributed by atoms with Crippen molar-refractivity contribution in [1.82, 2.24) is 14.9 Å². The van der Waals surface area contributed by atoms with Gasteiger partial charge in [0.2, 0.25) is 0 Å².